The number of hydrogen-bond acceptors (Lipinski definition) is 3. The third kappa shape index (κ3) is 1.67. The highest BCUT2D eigenvalue weighted by molar-refractivity contribution is 5.72. The zero-order valence-electron chi connectivity index (χ0n) is 9.02. The van der Waals surface area contributed by atoms with Crippen LogP contribution in [0.5, 0.6) is 0 Å². The molecule has 5 nitrogen and oxygen atoms in total. The molecule has 1 aromatic heterocycles. The molecule has 16 heavy (non-hydrogen) atoms. The van der Waals surface area contributed by atoms with Crippen molar-refractivity contribution >= 4 is 5.69 Å². The largest absolute Gasteiger partial charge is 0.314 e. The first-order valence-corrected chi connectivity index (χ1v) is 4.85. The van der Waals surface area contributed by atoms with Gasteiger partial charge in [-0.05, 0) is 25.5 Å². The highest BCUT2D eigenvalue weighted by atomic mass is 16.6. The van der Waals surface area contributed by atoms with Gasteiger partial charge in [0.15, 0.2) is 0 Å². The summed E-state index contributed by atoms with van der Waals surface area (Å²) < 4.78 is 0. The molecule has 82 valence electrons. The van der Waals surface area contributed by atoms with Gasteiger partial charge < -0.3 is 0 Å². The summed E-state index contributed by atoms with van der Waals surface area (Å²) in [7, 11) is 0. The fourth-order valence-corrected chi connectivity index (χ4v) is 1.62. The van der Waals surface area contributed by atoms with Crippen LogP contribution in [0.4, 0.5) is 5.69 Å². The minimum Gasteiger partial charge on any atom is -0.271 e. The molecule has 1 heterocycles. The minimum atomic E-state index is -0.430. The van der Waals surface area contributed by atoms with Crippen LogP contribution < -0.4 is 0 Å². The van der Waals surface area contributed by atoms with Gasteiger partial charge in [0.2, 0.25) is 0 Å². The van der Waals surface area contributed by atoms with Crippen LogP contribution in [-0.2, 0) is 0 Å². The van der Waals surface area contributed by atoms with E-state index in [-0.39, 0.29) is 5.69 Å². The Morgan fingerprint density at radius 1 is 1.38 bits per heavy atom. The molecule has 5 heteroatoms. The summed E-state index contributed by atoms with van der Waals surface area (Å²) in [6.07, 6.45) is 1.23. The van der Waals surface area contributed by atoms with Gasteiger partial charge in [-0.3, -0.25) is 15.2 Å². The Morgan fingerprint density at radius 3 is 2.81 bits per heavy atom. The lowest BCUT2D eigenvalue weighted by molar-refractivity contribution is -0.384. The van der Waals surface area contributed by atoms with E-state index in [1.807, 2.05) is 32.0 Å². The second-order valence-electron chi connectivity index (χ2n) is 3.71. The molecule has 1 aromatic carbocycles. The van der Waals surface area contributed by atoms with Gasteiger partial charge in [0.1, 0.15) is 11.9 Å². The summed E-state index contributed by atoms with van der Waals surface area (Å²) in [4.78, 5) is 10.4. The number of rotatable bonds is 2. The fraction of sp³-hybridized carbons (Fsp3) is 0.182. The molecule has 0 saturated heterocycles. The summed E-state index contributed by atoms with van der Waals surface area (Å²) >= 11 is 0. The first-order valence-electron chi connectivity index (χ1n) is 4.85. The predicted molar refractivity (Wildman–Crippen MR) is 60.2 cm³/mol. The van der Waals surface area contributed by atoms with Crippen molar-refractivity contribution in [3.63, 3.8) is 0 Å². The van der Waals surface area contributed by atoms with E-state index in [4.69, 9.17) is 0 Å². The van der Waals surface area contributed by atoms with Crippen LogP contribution in [0.2, 0.25) is 0 Å². The Balaban J connectivity index is 2.62. The highest BCUT2D eigenvalue weighted by Gasteiger charge is 2.18. The molecule has 0 fully saturated rings. The van der Waals surface area contributed by atoms with Crippen LogP contribution in [0.25, 0.3) is 11.3 Å². The number of benzene rings is 1. The number of hydrogen-bond donors (Lipinski definition) is 1. The topological polar surface area (TPSA) is 71.8 Å². The van der Waals surface area contributed by atoms with Crippen LogP contribution in [0.1, 0.15) is 11.1 Å². The first-order chi connectivity index (χ1) is 7.59. The number of aromatic amines is 1. The van der Waals surface area contributed by atoms with E-state index in [9.17, 15) is 10.1 Å². The molecule has 1 N–H and O–H groups in total. The molecule has 2 aromatic rings. The summed E-state index contributed by atoms with van der Waals surface area (Å²) in [5, 5.41) is 17.2. The predicted octanol–water partition coefficient (Wildman–Crippen LogP) is 2.60. The number of nitrogens with one attached hydrogen (secondary N) is 1. The Morgan fingerprint density at radius 2 is 2.12 bits per heavy atom. The van der Waals surface area contributed by atoms with E-state index in [0.717, 1.165) is 16.7 Å². The molecule has 0 radical (unpaired) electrons. The quantitative estimate of drug-likeness (QED) is 0.620. The van der Waals surface area contributed by atoms with Gasteiger partial charge in [-0.25, -0.2) is 0 Å². The van der Waals surface area contributed by atoms with Crippen molar-refractivity contribution in [2.45, 2.75) is 13.8 Å². The lowest BCUT2D eigenvalue weighted by Crippen LogP contribution is -1.91. The summed E-state index contributed by atoms with van der Waals surface area (Å²) in [5.74, 6) is 0. The fourth-order valence-electron chi connectivity index (χ4n) is 1.62. The Bertz CT molecular complexity index is 546. The maximum Gasteiger partial charge on any atom is 0.314 e. The van der Waals surface area contributed by atoms with Crippen molar-refractivity contribution in [3.8, 4) is 11.3 Å². The lowest BCUT2D eigenvalue weighted by atomic mass is 10.0. The third-order valence-electron chi connectivity index (χ3n) is 2.48. The van der Waals surface area contributed by atoms with Gasteiger partial charge in [-0.1, -0.05) is 17.7 Å². The summed E-state index contributed by atoms with van der Waals surface area (Å²) in [6.45, 7) is 3.87. The van der Waals surface area contributed by atoms with Crippen LogP contribution >= 0.6 is 0 Å². The van der Waals surface area contributed by atoms with Gasteiger partial charge in [0, 0.05) is 5.56 Å². The lowest BCUT2D eigenvalue weighted by Gasteiger charge is -2.04. The van der Waals surface area contributed by atoms with Crippen molar-refractivity contribution in [2.75, 3.05) is 0 Å². The summed E-state index contributed by atoms with van der Waals surface area (Å²) in [6, 6.07) is 5.83. The average Bonchev–Trinajstić information content (AvgIpc) is 2.70. The van der Waals surface area contributed by atoms with Crippen molar-refractivity contribution in [3.05, 3.63) is 45.6 Å². The standard InChI is InChI=1S/C11H11N3O2/c1-7-3-4-8(2)9(5-7)11-10(14(15)16)6-12-13-11/h3-6H,1-2H3,(H,12,13). The van der Waals surface area contributed by atoms with E-state index < -0.39 is 4.92 Å². The second kappa shape index (κ2) is 3.77. The van der Waals surface area contributed by atoms with Crippen molar-refractivity contribution in [2.24, 2.45) is 0 Å². The van der Waals surface area contributed by atoms with E-state index in [1.165, 1.54) is 6.20 Å². The molecule has 0 saturated carbocycles. The third-order valence-corrected chi connectivity index (χ3v) is 2.48. The molecule has 0 atom stereocenters. The maximum atomic E-state index is 10.8. The number of H-pyrrole nitrogens is 1. The van der Waals surface area contributed by atoms with E-state index in [0.29, 0.717) is 5.69 Å². The number of nitrogens with zero attached hydrogens (tertiary/aromatic N) is 2. The van der Waals surface area contributed by atoms with E-state index in [1.54, 1.807) is 0 Å². The zero-order valence-corrected chi connectivity index (χ0v) is 9.02. The van der Waals surface area contributed by atoms with E-state index >= 15 is 0 Å². The second-order valence-corrected chi connectivity index (χ2v) is 3.71. The van der Waals surface area contributed by atoms with E-state index in [2.05, 4.69) is 10.2 Å². The van der Waals surface area contributed by atoms with Gasteiger partial charge in [-0.15, -0.1) is 0 Å². The number of aromatic nitrogens is 2. The number of aryl methyl sites for hydroxylation is 2. The smallest absolute Gasteiger partial charge is 0.271 e. The van der Waals surface area contributed by atoms with Crippen LogP contribution in [-0.4, -0.2) is 15.1 Å². The van der Waals surface area contributed by atoms with Crippen molar-refractivity contribution < 1.29 is 4.92 Å². The Hall–Kier alpha value is -2.17. The maximum absolute atomic E-state index is 10.8. The molecular formula is C11H11N3O2. The molecule has 0 aliphatic rings. The normalized spacial score (nSPS) is 10.4. The first kappa shape index (κ1) is 10.4. The highest BCUT2D eigenvalue weighted by Crippen LogP contribution is 2.30. The van der Waals surface area contributed by atoms with Gasteiger partial charge in [-0.2, -0.15) is 5.10 Å². The van der Waals surface area contributed by atoms with Crippen molar-refractivity contribution in [1.82, 2.24) is 10.2 Å². The molecule has 0 unspecified atom stereocenters. The van der Waals surface area contributed by atoms with Crippen molar-refractivity contribution in [1.29, 1.82) is 0 Å². The molecule has 0 aliphatic heterocycles. The Kier molecular flexibility index (Phi) is 2.44. The molecule has 2 rings (SSSR count). The SMILES string of the molecule is Cc1ccc(C)c(-c2[nH]ncc2[N+](=O)[O-])c1. The van der Waals surface area contributed by atoms with Crippen LogP contribution in [0, 0.1) is 24.0 Å². The monoisotopic (exact) mass is 217 g/mol. The van der Waals surface area contributed by atoms with Crippen LogP contribution in [0.15, 0.2) is 24.4 Å². The zero-order chi connectivity index (χ0) is 11.7. The Labute approximate surface area is 92.3 Å². The van der Waals surface area contributed by atoms with Gasteiger partial charge >= 0.3 is 5.69 Å². The molecule has 0 bridgehead atoms. The van der Waals surface area contributed by atoms with Gasteiger partial charge in [0.25, 0.3) is 0 Å². The molecule has 0 amide bonds. The average molecular weight is 217 g/mol. The van der Waals surface area contributed by atoms with Gasteiger partial charge in [0.05, 0.1) is 4.92 Å². The van der Waals surface area contributed by atoms with Crippen LogP contribution in [0.3, 0.4) is 0 Å². The summed E-state index contributed by atoms with van der Waals surface area (Å²) in [5.41, 5.74) is 3.34. The molecule has 0 spiro atoms. The minimum absolute atomic E-state index is 0.00806. The molecular weight excluding hydrogens is 206 g/mol. The molecule has 0 aliphatic carbocycles. The number of nitro groups is 1.